The van der Waals surface area contributed by atoms with Crippen molar-refractivity contribution < 1.29 is 6.85 Å². The second-order valence-electron chi connectivity index (χ2n) is 1.99. The lowest BCUT2D eigenvalue weighted by atomic mass is 10.1. The highest BCUT2D eigenvalue weighted by Gasteiger charge is 1.94. The summed E-state index contributed by atoms with van der Waals surface area (Å²) >= 11 is 0. The summed E-state index contributed by atoms with van der Waals surface area (Å²) in [6.45, 7) is -2.50. The van der Waals surface area contributed by atoms with Gasteiger partial charge in [-0.25, -0.2) is 0 Å². The molecule has 1 aromatic carbocycles. The lowest BCUT2D eigenvalue weighted by Gasteiger charge is -2.02. The number of rotatable bonds is 2. The van der Waals surface area contributed by atoms with E-state index in [0.717, 1.165) is 0 Å². The lowest BCUT2D eigenvalue weighted by molar-refractivity contribution is 0.738. The van der Waals surface area contributed by atoms with Gasteiger partial charge < -0.3 is 5.73 Å². The Bertz CT molecular complexity index is 324. The van der Waals surface area contributed by atoms with E-state index in [2.05, 4.69) is 0 Å². The molecule has 1 rings (SSSR count). The molecule has 1 aromatic rings. The predicted molar refractivity (Wildman–Crippen MR) is 51.0 cm³/mol. The van der Waals surface area contributed by atoms with Gasteiger partial charge in [-0.1, -0.05) is 30.3 Å². The van der Waals surface area contributed by atoms with Crippen LogP contribution in [0.4, 0.5) is 0 Å². The molecule has 0 heterocycles. The van der Waals surface area contributed by atoms with Gasteiger partial charge in [0, 0.05) is 12.9 Å². The first-order valence-corrected chi connectivity index (χ1v) is 3.07. The van der Waals surface area contributed by atoms with E-state index in [4.69, 9.17) is 12.6 Å². The maximum absolute atomic E-state index is 7.71. The zero-order valence-electron chi connectivity index (χ0n) is 10.9. The predicted octanol–water partition coefficient (Wildman–Crippen LogP) is 2.00. The van der Waals surface area contributed by atoms with Gasteiger partial charge in [0.1, 0.15) is 0 Å². The first-order chi connectivity index (χ1) is 6.76. The van der Waals surface area contributed by atoms with Crippen molar-refractivity contribution in [1.82, 2.24) is 0 Å². The van der Waals surface area contributed by atoms with Crippen LogP contribution >= 0.6 is 12.4 Å². The fraction of sp³-hybridized carbons (Fsp3) is 0.333. The van der Waals surface area contributed by atoms with Crippen LogP contribution in [-0.4, -0.2) is 6.04 Å². The second-order valence-corrected chi connectivity index (χ2v) is 1.99. The molecule has 0 aromatic heterocycles. The number of hydrogen-bond acceptors (Lipinski definition) is 1. The van der Waals surface area contributed by atoms with E-state index in [1.165, 1.54) is 12.1 Å². The number of hydrogen-bond donors (Lipinski definition) is 1. The Labute approximate surface area is 81.0 Å². The number of benzene rings is 1. The zero-order valence-corrected chi connectivity index (χ0v) is 6.77. The molecule has 0 aliphatic rings. The Kier molecular flexibility index (Phi) is 2.11. The molecule has 1 unspecified atom stereocenters. The summed E-state index contributed by atoms with van der Waals surface area (Å²) in [5, 5.41) is 0. The van der Waals surface area contributed by atoms with Crippen molar-refractivity contribution in [2.24, 2.45) is 5.73 Å². The number of nitrogens with two attached hydrogens (primary N) is 1. The highest BCUT2D eigenvalue weighted by atomic mass is 35.5. The van der Waals surface area contributed by atoms with Crippen LogP contribution < -0.4 is 5.73 Å². The van der Waals surface area contributed by atoms with Crippen molar-refractivity contribution in [3.05, 3.63) is 35.9 Å². The van der Waals surface area contributed by atoms with E-state index < -0.39 is 19.3 Å². The molecule has 0 bridgehead atoms. The summed E-state index contributed by atoms with van der Waals surface area (Å²) in [6.07, 6.45) is -2.05. The van der Waals surface area contributed by atoms with Crippen molar-refractivity contribution in [3.63, 3.8) is 0 Å². The average molecular weight is 177 g/mol. The van der Waals surface area contributed by atoms with E-state index in [1.54, 1.807) is 18.2 Å². The SMILES string of the molecule is Cl.[2H]C([2H])([2H])C(N)C([2H])([2H])c1ccccc1. The van der Waals surface area contributed by atoms with Gasteiger partial charge in [0.15, 0.2) is 0 Å². The molecule has 2 heteroatoms. The molecular formula is C9H14ClN. The average Bonchev–Trinajstić information content (AvgIpc) is 2.16. The normalized spacial score (nSPS) is 21.0. The van der Waals surface area contributed by atoms with Crippen LogP contribution in [0.25, 0.3) is 0 Å². The summed E-state index contributed by atoms with van der Waals surface area (Å²) in [5.41, 5.74) is 5.71. The summed E-state index contributed by atoms with van der Waals surface area (Å²) in [5.74, 6) is 0. The number of halogens is 1. The largest absolute Gasteiger partial charge is 0.328 e. The quantitative estimate of drug-likeness (QED) is 0.733. The zero-order chi connectivity index (χ0) is 11.7. The second kappa shape index (κ2) is 5.16. The molecule has 0 amide bonds. The summed E-state index contributed by atoms with van der Waals surface area (Å²) in [6, 6.07) is 6.59. The third kappa shape index (κ3) is 4.02. The molecule has 0 saturated carbocycles. The van der Waals surface area contributed by atoms with Gasteiger partial charge in [-0.05, 0) is 18.8 Å². The smallest absolute Gasteiger partial charge is 0.0332 e. The summed E-state index contributed by atoms with van der Waals surface area (Å²) in [7, 11) is 0. The minimum absolute atomic E-state index is 0. The topological polar surface area (TPSA) is 26.0 Å². The van der Waals surface area contributed by atoms with E-state index in [-0.39, 0.29) is 18.0 Å². The molecular weight excluding hydrogens is 158 g/mol. The Morgan fingerprint density at radius 2 is 2.18 bits per heavy atom. The maximum Gasteiger partial charge on any atom is 0.0332 e. The molecule has 1 nitrogen and oxygen atoms in total. The first kappa shape index (κ1) is 4.48. The van der Waals surface area contributed by atoms with Gasteiger partial charge in [-0.2, -0.15) is 0 Å². The monoisotopic (exact) mass is 176 g/mol. The van der Waals surface area contributed by atoms with Crippen LogP contribution in [0.5, 0.6) is 0 Å². The highest BCUT2D eigenvalue weighted by Crippen LogP contribution is 2.00. The van der Waals surface area contributed by atoms with Crippen molar-refractivity contribution in [3.8, 4) is 0 Å². The maximum atomic E-state index is 7.71. The molecule has 0 aliphatic carbocycles. The van der Waals surface area contributed by atoms with Crippen LogP contribution in [0.2, 0.25) is 0 Å². The fourth-order valence-electron chi connectivity index (χ4n) is 0.714. The van der Waals surface area contributed by atoms with Gasteiger partial charge >= 0.3 is 0 Å². The van der Waals surface area contributed by atoms with Crippen molar-refractivity contribution in [2.75, 3.05) is 0 Å². The fourth-order valence-corrected chi connectivity index (χ4v) is 0.714. The van der Waals surface area contributed by atoms with Crippen LogP contribution in [0.1, 0.15) is 19.3 Å². The van der Waals surface area contributed by atoms with Gasteiger partial charge in [0.05, 0.1) is 0 Å². The Hall–Kier alpha value is -0.530. The van der Waals surface area contributed by atoms with Gasteiger partial charge in [-0.15, -0.1) is 12.4 Å². The van der Waals surface area contributed by atoms with Crippen molar-refractivity contribution in [1.29, 1.82) is 0 Å². The lowest BCUT2D eigenvalue weighted by Crippen LogP contribution is -2.17. The molecule has 0 fully saturated rings. The molecule has 0 saturated heterocycles. The summed E-state index contributed by atoms with van der Waals surface area (Å²) in [4.78, 5) is 0. The van der Waals surface area contributed by atoms with Gasteiger partial charge in [0.2, 0.25) is 0 Å². The Balaban J connectivity index is 0.00000225. The molecule has 0 aliphatic heterocycles. The molecule has 2 N–H and O–H groups in total. The van der Waals surface area contributed by atoms with Crippen molar-refractivity contribution in [2.45, 2.75) is 19.3 Å². The molecule has 62 valence electrons. The van der Waals surface area contributed by atoms with Crippen LogP contribution in [-0.2, 0) is 6.37 Å². The third-order valence-corrected chi connectivity index (χ3v) is 1.10. The standard InChI is InChI=1S/C9H13N.ClH/c1-8(10)7-9-5-3-2-4-6-9;/h2-6,8H,7,10H2,1H3;1H/i1D3,7D2;. The van der Waals surface area contributed by atoms with Crippen LogP contribution in [0, 0.1) is 0 Å². The molecule has 0 spiro atoms. The van der Waals surface area contributed by atoms with Gasteiger partial charge in [-0.3, -0.25) is 0 Å². The minimum Gasteiger partial charge on any atom is -0.328 e. The van der Waals surface area contributed by atoms with Crippen LogP contribution in [0.3, 0.4) is 0 Å². The van der Waals surface area contributed by atoms with E-state index in [0.29, 0.717) is 0 Å². The molecule has 0 radical (unpaired) electrons. The van der Waals surface area contributed by atoms with E-state index in [1.807, 2.05) is 0 Å². The highest BCUT2D eigenvalue weighted by molar-refractivity contribution is 5.85. The van der Waals surface area contributed by atoms with Crippen molar-refractivity contribution >= 4 is 12.4 Å². The van der Waals surface area contributed by atoms with Crippen LogP contribution in [0.15, 0.2) is 30.3 Å². The van der Waals surface area contributed by atoms with E-state index >= 15 is 0 Å². The Morgan fingerprint density at radius 1 is 1.55 bits per heavy atom. The summed E-state index contributed by atoms with van der Waals surface area (Å²) < 4.78 is 36.8. The third-order valence-electron chi connectivity index (χ3n) is 1.10. The first-order valence-electron chi connectivity index (χ1n) is 5.57. The molecule has 1 atom stereocenters. The van der Waals surface area contributed by atoms with Gasteiger partial charge in [0.25, 0.3) is 0 Å². The Morgan fingerprint density at radius 3 is 2.73 bits per heavy atom. The minimum atomic E-state index is -2.50. The molecule has 11 heavy (non-hydrogen) atoms. The van der Waals surface area contributed by atoms with E-state index in [9.17, 15) is 0 Å².